The molecule has 0 aliphatic rings. The van der Waals surface area contributed by atoms with Crippen LogP contribution >= 0.6 is 23.2 Å². The molecule has 0 fully saturated rings. The molecular weight excluding hydrogens is 347 g/mol. The van der Waals surface area contributed by atoms with Gasteiger partial charge in [0.2, 0.25) is 11.9 Å². The molecule has 6 nitrogen and oxygen atoms in total. The molecule has 0 bridgehead atoms. The summed E-state index contributed by atoms with van der Waals surface area (Å²) < 4.78 is 0. The van der Waals surface area contributed by atoms with Crippen LogP contribution in [0.15, 0.2) is 42.5 Å². The van der Waals surface area contributed by atoms with Crippen LogP contribution in [0.5, 0.6) is 0 Å². The van der Waals surface area contributed by atoms with E-state index < -0.39 is 0 Å². The van der Waals surface area contributed by atoms with Crippen molar-refractivity contribution in [1.29, 1.82) is 5.26 Å². The normalized spacial score (nSPS) is 10.2. The summed E-state index contributed by atoms with van der Waals surface area (Å²) in [6.07, 6.45) is 0. The first kappa shape index (κ1) is 16.0. The Balaban J connectivity index is 1.96. The van der Waals surface area contributed by atoms with Gasteiger partial charge in [0.15, 0.2) is 5.82 Å². The number of nitrogens with one attached hydrogen (secondary N) is 1. The highest BCUT2D eigenvalue weighted by molar-refractivity contribution is 6.35. The molecule has 24 heavy (non-hydrogen) atoms. The predicted octanol–water partition coefficient (Wildman–Crippen LogP) is 4.04. The van der Waals surface area contributed by atoms with Crippen molar-refractivity contribution in [3.8, 4) is 17.5 Å². The number of nitriles is 1. The summed E-state index contributed by atoms with van der Waals surface area (Å²) >= 11 is 12.2. The molecule has 0 saturated heterocycles. The number of nitrogens with two attached hydrogens (primary N) is 1. The maximum atomic E-state index is 8.82. The summed E-state index contributed by atoms with van der Waals surface area (Å²) in [5.74, 6) is 0.622. The molecule has 0 aliphatic carbocycles. The third-order valence-corrected chi connectivity index (χ3v) is 3.66. The van der Waals surface area contributed by atoms with Crippen molar-refractivity contribution in [2.75, 3.05) is 11.1 Å². The van der Waals surface area contributed by atoms with Gasteiger partial charge in [-0.1, -0.05) is 23.2 Å². The van der Waals surface area contributed by atoms with Crippen LogP contribution in [0.25, 0.3) is 11.4 Å². The Bertz CT molecular complexity index is 934. The number of hydrogen-bond donors (Lipinski definition) is 2. The average molecular weight is 357 g/mol. The van der Waals surface area contributed by atoms with Crippen molar-refractivity contribution < 1.29 is 0 Å². The molecule has 1 heterocycles. The highest BCUT2D eigenvalue weighted by Crippen LogP contribution is 2.29. The van der Waals surface area contributed by atoms with E-state index in [9.17, 15) is 0 Å². The molecule has 0 aliphatic heterocycles. The first-order chi connectivity index (χ1) is 11.5. The number of hydrogen-bond acceptors (Lipinski definition) is 6. The van der Waals surface area contributed by atoms with Crippen molar-refractivity contribution >= 4 is 40.8 Å². The molecule has 0 amide bonds. The number of anilines is 3. The first-order valence-electron chi connectivity index (χ1n) is 6.79. The Kier molecular flexibility index (Phi) is 4.47. The van der Waals surface area contributed by atoms with Crippen LogP contribution in [0.4, 0.5) is 17.6 Å². The van der Waals surface area contributed by atoms with E-state index in [1.165, 1.54) is 0 Å². The first-order valence-corrected chi connectivity index (χ1v) is 7.55. The average Bonchev–Trinajstić information content (AvgIpc) is 2.57. The van der Waals surface area contributed by atoms with E-state index in [1.807, 2.05) is 0 Å². The van der Waals surface area contributed by atoms with E-state index in [0.717, 1.165) is 0 Å². The molecule has 2 aromatic carbocycles. The van der Waals surface area contributed by atoms with Crippen LogP contribution in [0, 0.1) is 11.3 Å². The van der Waals surface area contributed by atoms with Gasteiger partial charge in [0.05, 0.1) is 16.7 Å². The van der Waals surface area contributed by atoms with Crippen molar-refractivity contribution in [2.24, 2.45) is 0 Å². The van der Waals surface area contributed by atoms with Gasteiger partial charge in [0.25, 0.3) is 0 Å². The maximum absolute atomic E-state index is 8.82. The second kappa shape index (κ2) is 6.71. The Morgan fingerprint density at radius 3 is 2.46 bits per heavy atom. The fraction of sp³-hybridized carbons (Fsp3) is 0. The summed E-state index contributed by atoms with van der Waals surface area (Å²) in [4.78, 5) is 12.5. The van der Waals surface area contributed by atoms with E-state index >= 15 is 0 Å². The lowest BCUT2D eigenvalue weighted by Crippen LogP contribution is -2.05. The molecule has 8 heteroatoms. The Labute approximate surface area is 147 Å². The van der Waals surface area contributed by atoms with Gasteiger partial charge in [-0.15, -0.1) is 0 Å². The second-order valence-electron chi connectivity index (χ2n) is 4.78. The molecule has 3 rings (SSSR count). The van der Waals surface area contributed by atoms with Crippen LogP contribution in [-0.4, -0.2) is 15.0 Å². The number of rotatable bonds is 3. The molecule has 3 N–H and O–H groups in total. The molecule has 3 aromatic rings. The predicted molar refractivity (Wildman–Crippen MR) is 94.1 cm³/mol. The minimum Gasteiger partial charge on any atom is -0.368 e. The number of halogens is 2. The minimum absolute atomic E-state index is 0.0483. The highest BCUT2D eigenvalue weighted by Gasteiger charge is 2.11. The summed E-state index contributed by atoms with van der Waals surface area (Å²) in [7, 11) is 0. The molecule has 0 radical (unpaired) electrons. The summed E-state index contributed by atoms with van der Waals surface area (Å²) in [6.45, 7) is 0. The Hall–Kier alpha value is -2.88. The summed E-state index contributed by atoms with van der Waals surface area (Å²) in [5.41, 5.74) is 7.59. The van der Waals surface area contributed by atoms with E-state index in [-0.39, 0.29) is 11.9 Å². The fourth-order valence-corrected chi connectivity index (χ4v) is 2.37. The van der Waals surface area contributed by atoms with Crippen molar-refractivity contribution in [1.82, 2.24) is 15.0 Å². The Morgan fingerprint density at radius 2 is 1.75 bits per heavy atom. The zero-order chi connectivity index (χ0) is 17.1. The third kappa shape index (κ3) is 3.54. The quantitative estimate of drug-likeness (QED) is 0.734. The molecule has 0 atom stereocenters. The van der Waals surface area contributed by atoms with Gasteiger partial charge in [-0.05, 0) is 42.5 Å². The van der Waals surface area contributed by atoms with E-state index in [2.05, 4.69) is 26.3 Å². The Morgan fingerprint density at radius 1 is 1.00 bits per heavy atom. The zero-order valence-corrected chi connectivity index (χ0v) is 13.7. The summed E-state index contributed by atoms with van der Waals surface area (Å²) in [6, 6.07) is 13.9. The monoisotopic (exact) mass is 356 g/mol. The highest BCUT2D eigenvalue weighted by atomic mass is 35.5. The topological polar surface area (TPSA) is 101 Å². The van der Waals surface area contributed by atoms with E-state index in [1.54, 1.807) is 42.5 Å². The number of aromatic nitrogens is 3. The van der Waals surface area contributed by atoms with Gasteiger partial charge in [0.1, 0.15) is 0 Å². The largest absolute Gasteiger partial charge is 0.368 e. The number of nitrogens with zero attached hydrogens (tertiary/aromatic N) is 4. The van der Waals surface area contributed by atoms with E-state index in [4.69, 9.17) is 34.2 Å². The van der Waals surface area contributed by atoms with Crippen molar-refractivity contribution in [3.63, 3.8) is 0 Å². The van der Waals surface area contributed by atoms with Gasteiger partial charge in [-0.25, -0.2) is 0 Å². The SMILES string of the molecule is N#Cc1ccc(Nc2nc(N)nc(-c3cc(Cl)ccc3Cl)n2)cc1. The van der Waals surface area contributed by atoms with Crippen LogP contribution < -0.4 is 11.1 Å². The zero-order valence-electron chi connectivity index (χ0n) is 12.2. The fourth-order valence-electron chi connectivity index (χ4n) is 1.99. The van der Waals surface area contributed by atoms with Gasteiger partial charge >= 0.3 is 0 Å². The van der Waals surface area contributed by atoms with Crippen LogP contribution in [0.2, 0.25) is 10.0 Å². The number of nitrogen functional groups attached to an aromatic ring is 1. The summed E-state index contributed by atoms with van der Waals surface area (Å²) in [5, 5.41) is 12.8. The maximum Gasteiger partial charge on any atom is 0.232 e. The third-order valence-electron chi connectivity index (χ3n) is 3.09. The smallest absolute Gasteiger partial charge is 0.232 e. The standard InChI is InChI=1S/C16H10Cl2N6/c17-10-3-6-13(18)12(7-10)14-22-15(20)24-16(23-14)21-11-4-1-9(8-19)2-5-11/h1-7H,(H3,20,21,22,23,24). The van der Waals surface area contributed by atoms with Gasteiger partial charge in [-0.2, -0.15) is 20.2 Å². The number of benzene rings is 2. The molecule has 0 unspecified atom stereocenters. The van der Waals surface area contributed by atoms with Crippen molar-refractivity contribution in [3.05, 3.63) is 58.1 Å². The van der Waals surface area contributed by atoms with Gasteiger partial charge in [0, 0.05) is 16.3 Å². The lowest BCUT2D eigenvalue weighted by molar-refractivity contribution is 1.08. The molecular formula is C16H10Cl2N6. The lowest BCUT2D eigenvalue weighted by atomic mass is 10.2. The second-order valence-corrected chi connectivity index (χ2v) is 5.62. The molecule has 0 saturated carbocycles. The van der Waals surface area contributed by atoms with Crippen LogP contribution in [-0.2, 0) is 0 Å². The molecule has 1 aromatic heterocycles. The molecule has 0 spiro atoms. The van der Waals surface area contributed by atoms with Crippen LogP contribution in [0.1, 0.15) is 5.56 Å². The van der Waals surface area contributed by atoms with Gasteiger partial charge < -0.3 is 11.1 Å². The van der Waals surface area contributed by atoms with Crippen molar-refractivity contribution in [2.45, 2.75) is 0 Å². The van der Waals surface area contributed by atoms with E-state index in [0.29, 0.717) is 32.7 Å². The molecule has 118 valence electrons. The lowest BCUT2D eigenvalue weighted by Gasteiger charge is -2.08. The van der Waals surface area contributed by atoms with Crippen LogP contribution in [0.3, 0.4) is 0 Å². The minimum atomic E-state index is 0.0483. The van der Waals surface area contributed by atoms with Gasteiger partial charge in [-0.3, -0.25) is 0 Å².